The number of nitrogens with one attached hydrogen (secondary N) is 1. The Morgan fingerprint density at radius 1 is 1.23 bits per heavy atom. The summed E-state index contributed by atoms with van der Waals surface area (Å²) >= 11 is 0. The van der Waals surface area contributed by atoms with Gasteiger partial charge in [-0.15, -0.1) is 0 Å². The summed E-state index contributed by atoms with van der Waals surface area (Å²) in [5.41, 5.74) is -0.152. The molecule has 1 aromatic carbocycles. The normalized spacial score (nSPS) is 19.9. The molecule has 0 spiro atoms. The van der Waals surface area contributed by atoms with Crippen molar-refractivity contribution in [1.82, 2.24) is 0 Å². The fourth-order valence-electron chi connectivity index (χ4n) is 1.22. The van der Waals surface area contributed by atoms with Crippen LogP contribution in [0.4, 0.5) is 18.9 Å². The first-order chi connectivity index (χ1) is 6.09. The minimum atomic E-state index is -1.90. The first-order valence-electron chi connectivity index (χ1n) is 3.53. The van der Waals surface area contributed by atoms with Crippen LogP contribution in [0.15, 0.2) is 12.1 Å². The molecule has 1 aliphatic rings. The molecule has 13 heavy (non-hydrogen) atoms. The summed E-state index contributed by atoms with van der Waals surface area (Å²) in [5, 5.41) is 2.09. The topological polar surface area (TPSA) is 29.1 Å². The van der Waals surface area contributed by atoms with E-state index < -0.39 is 23.7 Å². The third kappa shape index (κ3) is 1.07. The van der Waals surface area contributed by atoms with Gasteiger partial charge in [-0.3, -0.25) is 4.79 Å². The smallest absolute Gasteiger partial charge is 0.263 e. The number of benzene rings is 1. The Labute approximate surface area is 71.4 Å². The molecule has 1 aliphatic heterocycles. The van der Waals surface area contributed by atoms with Crippen LogP contribution in [0.5, 0.6) is 0 Å². The van der Waals surface area contributed by atoms with Crippen LogP contribution in [0.3, 0.4) is 0 Å². The van der Waals surface area contributed by atoms with Gasteiger partial charge in [0.2, 0.25) is 6.17 Å². The van der Waals surface area contributed by atoms with Gasteiger partial charge in [-0.1, -0.05) is 0 Å². The molecule has 0 fully saturated rings. The van der Waals surface area contributed by atoms with Gasteiger partial charge in [0.1, 0.15) is 0 Å². The summed E-state index contributed by atoms with van der Waals surface area (Å²) in [4.78, 5) is 10.7. The van der Waals surface area contributed by atoms with Crippen molar-refractivity contribution in [2.75, 3.05) is 5.32 Å². The van der Waals surface area contributed by atoms with E-state index in [4.69, 9.17) is 0 Å². The quantitative estimate of drug-likeness (QED) is 0.660. The van der Waals surface area contributed by atoms with E-state index in [-0.39, 0.29) is 11.3 Å². The number of anilines is 1. The van der Waals surface area contributed by atoms with E-state index in [0.717, 1.165) is 6.07 Å². The summed E-state index contributed by atoms with van der Waals surface area (Å²) in [7, 11) is 0. The predicted molar refractivity (Wildman–Crippen MR) is 38.8 cm³/mol. The van der Waals surface area contributed by atoms with E-state index in [1.165, 1.54) is 0 Å². The van der Waals surface area contributed by atoms with Crippen LogP contribution in [-0.2, 0) is 4.79 Å². The maximum absolute atomic E-state index is 12.9. The highest BCUT2D eigenvalue weighted by Gasteiger charge is 2.31. The van der Waals surface area contributed by atoms with Gasteiger partial charge in [-0.25, -0.2) is 13.2 Å². The first kappa shape index (κ1) is 8.10. The van der Waals surface area contributed by atoms with E-state index >= 15 is 0 Å². The molecule has 0 saturated heterocycles. The Kier molecular flexibility index (Phi) is 1.55. The zero-order valence-electron chi connectivity index (χ0n) is 6.27. The average Bonchev–Trinajstić information content (AvgIpc) is 2.32. The third-order valence-electron chi connectivity index (χ3n) is 1.85. The van der Waals surface area contributed by atoms with E-state index in [0.29, 0.717) is 6.07 Å². The molecule has 0 radical (unpaired) electrons. The van der Waals surface area contributed by atoms with Gasteiger partial charge in [0.15, 0.2) is 11.6 Å². The number of rotatable bonds is 0. The number of fused-ring (bicyclic) bond motifs is 1. The van der Waals surface area contributed by atoms with Gasteiger partial charge in [0.05, 0.1) is 5.69 Å². The fraction of sp³-hybridized carbons (Fsp3) is 0.125. The van der Waals surface area contributed by atoms with E-state index in [2.05, 4.69) is 5.32 Å². The number of carbonyl (C=O) groups is 1. The second-order valence-corrected chi connectivity index (χ2v) is 2.71. The van der Waals surface area contributed by atoms with Crippen LogP contribution in [0, 0.1) is 11.6 Å². The van der Waals surface area contributed by atoms with Crippen LogP contribution in [0.2, 0.25) is 0 Å². The average molecular weight is 187 g/mol. The van der Waals surface area contributed by atoms with E-state index in [1.807, 2.05) is 0 Å². The van der Waals surface area contributed by atoms with Gasteiger partial charge in [0.25, 0.3) is 5.91 Å². The van der Waals surface area contributed by atoms with Crippen molar-refractivity contribution in [3.63, 3.8) is 0 Å². The van der Waals surface area contributed by atoms with Crippen molar-refractivity contribution in [2.24, 2.45) is 0 Å². The molecule has 1 atom stereocenters. The van der Waals surface area contributed by atoms with Crippen molar-refractivity contribution < 1.29 is 18.0 Å². The summed E-state index contributed by atoms with van der Waals surface area (Å²) < 4.78 is 38.1. The molecule has 0 aromatic heterocycles. The van der Waals surface area contributed by atoms with Crippen molar-refractivity contribution >= 4 is 11.6 Å². The van der Waals surface area contributed by atoms with Gasteiger partial charge >= 0.3 is 0 Å². The molecule has 1 N–H and O–H groups in total. The van der Waals surface area contributed by atoms with Gasteiger partial charge < -0.3 is 5.32 Å². The van der Waals surface area contributed by atoms with Crippen molar-refractivity contribution in [2.45, 2.75) is 6.17 Å². The van der Waals surface area contributed by atoms with Crippen LogP contribution in [0.25, 0.3) is 0 Å². The number of halogens is 3. The second-order valence-electron chi connectivity index (χ2n) is 2.71. The largest absolute Gasteiger partial charge is 0.323 e. The number of amides is 1. The number of hydrogen-bond acceptors (Lipinski definition) is 1. The van der Waals surface area contributed by atoms with Gasteiger partial charge in [-0.05, 0) is 6.07 Å². The maximum Gasteiger partial charge on any atom is 0.263 e. The molecule has 68 valence electrons. The van der Waals surface area contributed by atoms with Crippen molar-refractivity contribution in [3.8, 4) is 0 Å². The second kappa shape index (κ2) is 2.48. The third-order valence-corrected chi connectivity index (χ3v) is 1.85. The molecular weight excluding hydrogens is 183 g/mol. The lowest BCUT2D eigenvalue weighted by Crippen LogP contribution is -2.07. The summed E-state index contributed by atoms with van der Waals surface area (Å²) in [6.07, 6.45) is -1.90. The van der Waals surface area contributed by atoms with Gasteiger partial charge in [-0.2, -0.15) is 0 Å². The van der Waals surface area contributed by atoms with E-state index in [9.17, 15) is 18.0 Å². The highest BCUT2D eigenvalue weighted by molar-refractivity contribution is 6.01. The molecule has 1 aromatic rings. The SMILES string of the molecule is O=C1Nc2cc(F)c(F)cc2C1F. The molecule has 5 heteroatoms. The Morgan fingerprint density at radius 2 is 1.85 bits per heavy atom. The molecule has 1 heterocycles. The lowest BCUT2D eigenvalue weighted by molar-refractivity contribution is -0.120. The molecule has 0 saturated carbocycles. The standard InChI is InChI=1S/C8H4F3NO/c9-4-1-3-6(2-5(4)10)12-8(13)7(3)11/h1-2,7H,(H,12,13). The van der Waals surface area contributed by atoms with Crippen molar-refractivity contribution in [3.05, 3.63) is 29.3 Å². The molecule has 1 amide bonds. The number of alkyl halides is 1. The van der Waals surface area contributed by atoms with Crippen LogP contribution < -0.4 is 5.32 Å². The molecule has 2 nitrogen and oxygen atoms in total. The Bertz CT molecular complexity index is 391. The Morgan fingerprint density at radius 3 is 2.54 bits per heavy atom. The first-order valence-corrected chi connectivity index (χ1v) is 3.53. The number of hydrogen-bond donors (Lipinski definition) is 1. The van der Waals surface area contributed by atoms with E-state index in [1.54, 1.807) is 0 Å². The zero-order valence-corrected chi connectivity index (χ0v) is 6.27. The lowest BCUT2D eigenvalue weighted by atomic mass is 10.1. The maximum atomic E-state index is 12.9. The lowest BCUT2D eigenvalue weighted by Gasteiger charge is -1.99. The minimum absolute atomic E-state index is 0.00333. The highest BCUT2D eigenvalue weighted by atomic mass is 19.2. The predicted octanol–water partition coefficient (Wildman–Crippen LogP) is 1.93. The zero-order chi connectivity index (χ0) is 9.59. The summed E-state index contributed by atoms with van der Waals surface area (Å²) in [5.74, 6) is -3.15. The monoisotopic (exact) mass is 187 g/mol. The molecule has 0 aliphatic carbocycles. The molecule has 2 rings (SSSR count). The molecule has 1 unspecified atom stereocenters. The molecular formula is C8H4F3NO. The van der Waals surface area contributed by atoms with Crippen LogP contribution in [-0.4, -0.2) is 5.91 Å². The number of carbonyl (C=O) groups excluding carboxylic acids is 1. The van der Waals surface area contributed by atoms with Crippen molar-refractivity contribution in [1.29, 1.82) is 0 Å². The van der Waals surface area contributed by atoms with Crippen LogP contribution >= 0.6 is 0 Å². The summed E-state index contributed by atoms with van der Waals surface area (Å²) in [6.45, 7) is 0. The Hall–Kier alpha value is -1.52. The fourth-order valence-corrected chi connectivity index (χ4v) is 1.22. The Balaban J connectivity index is 2.59. The van der Waals surface area contributed by atoms with Crippen LogP contribution in [0.1, 0.15) is 11.7 Å². The summed E-state index contributed by atoms with van der Waals surface area (Å²) in [6, 6.07) is 1.45. The minimum Gasteiger partial charge on any atom is -0.323 e. The highest BCUT2D eigenvalue weighted by Crippen LogP contribution is 2.34. The molecule has 0 bridgehead atoms. The van der Waals surface area contributed by atoms with Gasteiger partial charge in [0, 0.05) is 11.6 Å².